The van der Waals surface area contributed by atoms with Gasteiger partial charge >= 0.3 is 0 Å². The molecule has 0 fully saturated rings. The molecule has 2 aromatic carbocycles. The smallest absolute Gasteiger partial charge is 0.237 e. The van der Waals surface area contributed by atoms with Gasteiger partial charge in [-0.2, -0.15) is 0 Å². The Balaban J connectivity index is 2.01. The number of ether oxygens (including phenoxy) is 1. The van der Waals surface area contributed by atoms with Crippen LogP contribution >= 0.6 is 15.9 Å². The lowest BCUT2D eigenvalue weighted by molar-refractivity contribution is -0.115. The number of nitrogens with one attached hydrogen (secondary N) is 1. The molecule has 1 N–H and O–H groups in total. The van der Waals surface area contributed by atoms with E-state index in [9.17, 15) is 4.79 Å². The van der Waals surface area contributed by atoms with E-state index in [0.717, 1.165) is 17.2 Å². The highest BCUT2D eigenvalue weighted by molar-refractivity contribution is 9.10. The summed E-state index contributed by atoms with van der Waals surface area (Å²) in [5, 5.41) is 2.79. The average Bonchev–Trinajstić information content (AvgIpc) is 2.42. The Hall–Kier alpha value is -1.81. The first-order valence-corrected chi connectivity index (χ1v) is 6.84. The number of anilines is 1. The summed E-state index contributed by atoms with van der Waals surface area (Å²) in [5.74, 6) is 1.45. The van der Waals surface area contributed by atoms with Gasteiger partial charge in [-0.25, -0.2) is 0 Å². The molecule has 1 unspecified atom stereocenters. The zero-order valence-corrected chi connectivity index (χ0v) is 12.1. The quantitative estimate of drug-likeness (QED) is 0.858. The van der Waals surface area contributed by atoms with Gasteiger partial charge in [0.05, 0.1) is 4.83 Å². The van der Waals surface area contributed by atoms with Gasteiger partial charge in [0.15, 0.2) is 0 Å². The summed E-state index contributed by atoms with van der Waals surface area (Å²) >= 11 is 3.22. The van der Waals surface area contributed by atoms with Crippen molar-refractivity contribution < 1.29 is 9.53 Å². The summed E-state index contributed by atoms with van der Waals surface area (Å²) < 4.78 is 5.66. The van der Waals surface area contributed by atoms with Crippen molar-refractivity contribution in [3.63, 3.8) is 0 Å². The van der Waals surface area contributed by atoms with Crippen LogP contribution in [-0.4, -0.2) is 10.7 Å². The zero-order chi connectivity index (χ0) is 13.7. The number of carbonyl (C=O) groups is 1. The summed E-state index contributed by atoms with van der Waals surface area (Å²) in [4.78, 5) is 11.3. The van der Waals surface area contributed by atoms with Gasteiger partial charge in [0.2, 0.25) is 5.91 Å². The highest BCUT2D eigenvalue weighted by Crippen LogP contribution is 2.22. The van der Waals surface area contributed by atoms with E-state index in [1.54, 1.807) is 6.92 Å². The van der Waals surface area contributed by atoms with Crippen molar-refractivity contribution in [3.8, 4) is 11.5 Å². The number of para-hydroxylation sites is 1. The summed E-state index contributed by atoms with van der Waals surface area (Å²) in [6.07, 6.45) is 0. The van der Waals surface area contributed by atoms with E-state index in [1.807, 2.05) is 54.6 Å². The van der Waals surface area contributed by atoms with Crippen molar-refractivity contribution in [1.29, 1.82) is 0 Å². The van der Waals surface area contributed by atoms with Gasteiger partial charge in [-0.15, -0.1) is 0 Å². The number of amides is 1. The fourth-order valence-corrected chi connectivity index (χ4v) is 1.59. The predicted octanol–water partition coefficient (Wildman–Crippen LogP) is 4.20. The molecular formula is C15H14BrNO2. The third-order valence-electron chi connectivity index (χ3n) is 2.46. The molecule has 0 aliphatic heterocycles. The molecule has 0 aromatic heterocycles. The second-order valence-electron chi connectivity index (χ2n) is 4.04. The van der Waals surface area contributed by atoms with Gasteiger partial charge in [0.25, 0.3) is 0 Å². The molecule has 0 saturated heterocycles. The molecule has 2 rings (SSSR count). The molecule has 0 aliphatic rings. The molecule has 1 amide bonds. The Bertz CT molecular complexity index is 538. The van der Waals surface area contributed by atoms with E-state index < -0.39 is 0 Å². The van der Waals surface area contributed by atoms with Gasteiger partial charge < -0.3 is 10.1 Å². The summed E-state index contributed by atoms with van der Waals surface area (Å²) in [6.45, 7) is 1.78. The van der Waals surface area contributed by atoms with E-state index in [4.69, 9.17) is 4.74 Å². The molecule has 0 aliphatic carbocycles. The molecule has 0 spiro atoms. The van der Waals surface area contributed by atoms with Crippen LogP contribution in [0, 0.1) is 0 Å². The highest BCUT2D eigenvalue weighted by atomic mass is 79.9. The van der Waals surface area contributed by atoms with Crippen molar-refractivity contribution in [1.82, 2.24) is 0 Å². The molecular weight excluding hydrogens is 306 g/mol. The standard InChI is InChI=1S/C15H14BrNO2/c1-11(16)15(18)17-12-7-9-14(10-8-12)19-13-5-3-2-4-6-13/h2-11H,1H3,(H,17,18). The molecule has 0 radical (unpaired) electrons. The minimum absolute atomic E-state index is 0.0725. The lowest BCUT2D eigenvalue weighted by atomic mass is 10.3. The summed E-state index contributed by atoms with van der Waals surface area (Å²) in [5.41, 5.74) is 0.747. The van der Waals surface area contributed by atoms with Crippen LogP contribution in [0.2, 0.25) is 0 Å². The van der Waals surface area contributed by atoms with Crippen LogP contribution in [0.3, 0.4) is 0 Å². The third kappa shape index (κ3) is 4.10. The number of carbonyl (C=O) groups excluding carboxylic acids is 1. The van der Waals surface area contributed by atoms with Crippen molar-refractivity contribution in [2.24, 2.45) is 0 Å². The van der Waals surface area contributed by atoms with Gasteiger partial charge in [-0.1, -0.05) is 34.1 Å². The first-order valence-electron chi connectivity index (χ1n) is 5.93. The molecule has 4 heteroatoms. The second-order valence-corrected chi connectivity index (χ2v) is 5.42. The first kappa shape index (κ1) is 13.6. The maximum Gasteiger partial charge on any atom is 0.237 e. The SMILES string of the molecule is CC(Br)C(=O)Nc1ccc(Oc2ccccc2)cc1. The van der Waals surface area contributed by atoms with Gasteiger partial charge in [-0.05, 0) is 43.3 Å². The number of hydrogen-bond donors (Lipinski definition) is 1. The Morgan fingerprint density at radius 3 is 2.21 bits per heavy atom. The number of benzene rings is 2. The van der Waals surface area contributed by atoms with E-state index in [2.05, 4.69) is 21.2 Å². The van der Waals surface area contributed by atoms with Crippen molar-refractivity contribution in [2.45, 2.75) is 11.8 Å². The molecule has 98 valence electrons. The van der Waals surface area contributed by atoms with E-state index in [0.29, 0.717) is 0 Å². The van der Waals surface area contributed by atoms with Crippen molar-refractivity contribution in [2.75, 3.05) is 5.32 Å². The van der Waals surface area contributed by atoms with Crippen LogP contribution in [0.15, 0.2) is 54.6 Å². The Morgan fingerprint density at radius 2 is 1.63 bits per heavy atom. The van der Waals surface area contributed by atoms with Gasteiger partial charge in [0.1, 0.15) is 11.5 Å². The Morgan fingerprint density at radius 1 is 1.05 bits per heavy atom. The zero-order valence-electron chi connectivity index (χ0n) is 10.5. The fourth-order valence-electron chi connectivity index (χ4n) is 1.47. The monoisotopic (exact) mass is 319 g/mol. The fraction of sp³-hybridized carbons (Fsp3) is 0.133. The maximum absolute atomic E-state index is 11.5. The largest absolute Gasteiger partial charge is 0.457 e. The number of rotatable bonds is 4. The van der Waals surface area contributed by atoms with Crippen LogP contribution in [-0.2, 0) is 4.79 Å². The molecule has 19 heavy (non-hydrogen) atoms. The van der Waals surface area contributed by atoms with Crippen LogP contribution < -0.4 is 10.1 Å². The lowest BCUT2D eigenvalue weighted by Gasteiger charge is -2.08. The number of hydrogen-bond acceptors (Lipinski definition) is 2. The van der Waals surface area contributed by atoms with Gasteiger partial charge in [-0.3, -0.25) is 4.79 Å². The molecule has 1 atom stereocenters. The predicted molar refractivity (Wildman–Crippen MR) is 80.0 cm³/mol. The first-order chi connectivity index (χ1) is 9.15. The van der Waals surface area contributed by atoms with Crippen LogP contribution in [0.25, 0.3) is 0 Å². The van der Waals surface area contributed by atoms with E-state index in [-0.39, 0.29) is 10.7 Å². The molecule has 0 bridgehead atoms. The van der Waals surface area contributed by atoms with Crippen molar-refractivity contribution >= 4 is 27.5 Å². The third-order valence-corrected chi connectivity index (χ3v) is 2.88. The number of halogens is 1. The molecule has 2 aromatic rings. The van der Waals surface area contributed by atoms with Crippen LogP contribution in [0.1, 0.15) is 6.92 Å². The average molecular weight is 320 g/mol. The lowest BCUT2D eigenvalue weighted by Crippen LogP contribution is -2.19. The highest BCUT2D eigenvalue weighted by Gasteiger charge is 2.08. The maximum atomic E-state index is 11.5. The van der Waals surface area contributed by atoms with E-state index in [1.165, 1.54) is 0 Å². The number of alkyl halides is 1. The topological polar surface area (TPSA) is 38.3 Å². The molecule has 0 saturated carbocycles. The summed E-state index contributed by atoms with van der Waals surface area (Å²) in [6, 6.07) is 16.8. The van der Waals surface area contributed by atoms with Gasteiger partial charge in [0, 0.05) is 5.69 Å². The normalized spacial score (nSPS) is 11.7. The Labute approximate surface area is 120 Å². The van der Waals surface area contributed by atoms with Crippen molar-refractivity contribution in [3.05, 3.63) is 54.6 Å². The minimum atomic E-state index is -0.215. The van der Waals surface area contributed by atoms with Crippen LogP contribution in [0.4, 0.5) is 5.69 Å². The van der Waals surface area contributed by atoms with Crippen LogP contribution in [0.5, 0.6) is 11.5 Å². The Kier molecular flexibility index (Phi) is 4.58. The molecule has 3 nitrogen and oxygen atoms in total. The molecule has 0 heterocycles. The minimum Gasteiger partial charge on any atom is -0.457 e. The van der Waals surface area contributed by atoms with E-state index >= 15 is 0 Å². The second kappa shape index (κ2) is 6.38. The summed E-state index contributed by atoms with van der Waals surface area (Å²) in [7, 11) is 0.